The third kappa shape index (κ3) is 3.89. The molecule has 2 aromatic heterocycles. The van der Waals surface area contributed by atoms with Gasteiger partial charge in [0.05, 0.1) is 31.5 Å². The summed E-state index contributed by atoms with van der Waals surface area (Å²) in [6.07, 6.45) is 3.41. The summed E-state index contributed by atoms with van der Waals surface area (Å²) in [5, 5.41) is 4.75. The van der Waals surface area contributed by atoms with Crippen molar-refractivity contribution in [2.45, 2.75) is 25.7 Å². The monoisotopic (exact) mass is 405 g/mol. The van der Waals surface area contributed by atoms with E-state index in [-0.39, 0.29) is 11.8 Å². The quantitative estimate of drug-likeness (QED) is 0.667. The van der Waals surface area contributed by atoms with Crippen LogP contribution in [-0.2, 0) is 16.0 Å². The third-order valence-electron chi connectivity index (χ3n) is 6.09. The average molecular weight is 406 g/mol. The number of aryl methyl sites for hydroxylation is 1. The molecule has 2 fully saturated rings. The van der Waals surface area contributed by atoms with Crippen molar-refractivity contribution in [1.29, 1.82) is 0 Å². The Balaban J connectivity index is 1.26. The van der Waals surface area contributed by atoms with Gasteiger partial charge in [-0.15, -0.1) is 0 Å². The second-order valence-electron chi connectivity index (χ2n) is 8.25. The number of likely N-dealkylation sites (tertiary alicyclic amines) is 1. The molecule has 1 aromatic carbocycles. The zero-order valence-electron chi connectivity index (χ0n) is 17.3. The van der Waals surface area contributed by atoms with Crippen molar-refractivity contribution in [3.63, 3.8) is 0 Å². The molecule has 30 heavy (non-hydrogen) atoms. The molecular formula is C23H27N5O2. The second-order valence-corrected chi connectivity index (χ2v) is 8.25. The lowest BCUT2D eigenvalue weighted by atomic mass is 10.1. The Morgan fingerprint density at radius 3 is 2.70 bits per heavy atom. The van der Waals surface area contributed by atoms with E-state index in [2.05, 4.69) is 30.0 Å². The topological polar surface area (TPSA) is 63.0 Å². The normalized spacial score (nSPS) is 19.6. The van der Waals surface area contributed by atoms with Crippen LogP contribution in [0.1, 0.15) is 29.3 Å². The molecule has 2 aliphatic rings. The van der Waals surface area contributed by atoms with Gasteiger partial charge in [-0.25, -0.2) is 9.50 Å². The van der Waals surface area contributed by atoms with Crippen molar-refractivity contribution in [3.05, 3.63) is 59.5 Å². The van der Waals surface area contributed by atoms with Crippen molar-refractivity contribution in [1.82, 2.24) is 19.5 Å². The maximum absolute atomic E-state index is 12.7. The summed E-state index contributed by atoms with van der Waals surface area (Å²) in [7, 11) is 0. The fraction of sp³-hybridized carbons (Fsp3) is 0.435. The lowest BCUT2D eigenvalue weighted by Crippen LogP contribution is -2.36. The molecule has 4 heterocycles. The van der Waals surface area contributed by atoms with Crippen molar-refractivity contribution < 1.29 is 9.53 Å². The van der Waals surface area contributed by atoms with Crippen molar-refractivity contribution in [3.8, 4) is 0 Å². The number of morpholine rings is 1. The molecule has 0 bridgehead atoms. The second kappa shape index (κ2) is 8.07. The number of fused-ring (bicyclic) bond motifs is 1. The van der Waals surface area contributed by atoms with Gasteiger partial charge in [0.1, 0.15) is 0 Å². The summed E-state index contributed by atoms with van der Waals surface area (Å²) < 4.78 is 7.32. The molecule has 7 heteroatoms. The predicted molar refractivity (Wildman–Crippen MR) is 115 cm³/mol. The summed E-state index contributed by atoms with van der Waals surface area (Å²) in [5.41, 5.74) is 4.27. The predicted octanol–water partition coefficient (Wildman–Crippen LogP) is 2.43. The van der Waals surface area contributed by atoms with E-state index in [0.717, 1.165) is 62.0 Å². The van der Waals surface area contributed by atoms with Crippen molar-refractivity contribution >= 4 is 17.2 Å². The van der Waals surface area contributed by atoms with E-state index in [1.807, 2.05) is 33.8 Å². The van der Waals surface area contributed by atoms with Crippen LogP contribution in [0.3, 0.4) is 0 Å². The molecule has 1 atom stereocenters. The number of pyridine rings is 1. The Hall–Kier alpha value is -2.93. The maximum Gasteiger partial charge on any atom is 0.227 e. The number of rotatable bonds is 4. The number of benzene rings is 1. The van der Waals surface area contributed by atoms with Crippen LogP contribution in [-0.4, -0.2) is 64.8 Å². The first-order valence-electron chi connectivity index (χ1n) is 10.7. The van der Waals surface area contributed by atoms with Crippen molar-refractivity contribution in [2.75, 3.05) is 44.3 Å². The molecule has 1 amide bonds. The van der Waals surface area contributed by atoms with Gasteiger partial charge in [-0.05, 0) is 31.0 Å². The van der Waals surface area contributed by atoms with E-state index < -0.39 is 0 Å². The highest BCUT2D eigenvalue weighted by Crippen LogP contribution is 2.26. The van der Waals surface area contributed by atoms with Gasteiger partial charge in [0.15, 0.2) is 11.5 Å². The number of hydrogen-bond donors (Lipinski definition) is 0. The molecule has 0 unspecified atom stereocenters. The number of amides is 1. The highest BCUT2D eigenvalue weighted by atomic mass is 16.5. The van der Waals surface area contributed by atoms with Crippen molar-refractivity contribution in [2.24, 2.45) is 0 Å². The molecule has 7 nitrogen and oxygen atoms in total. The van der Waals surface area contributed by atoms with Gasteiger partial charge in [-0.2, -0.15) is 5.10 Å². The van der Waals surface area contributed by atoms with Crippen LogP contribution in [0.4, 0.5) is 5.69 Å². The molecule has 0 spiro atoms. The summed E-state index contributed by atoms with van der Waals surface area (Å²) in [5.74, 6) is 1.21. The Morgan fingerprint density at radius 1 is 1.10 bits per heavy atom. The molecule has 3 aromatic rings. The molecule has 5 rings (SSSR count). The van der Waals surface area contributed by atoms with Crippen LogP contribution < -0.4 is 4.90 Å². The molecule has 2 saturated heterocycles. The Bertz CT molecular complexity index is 1040. The van der Waals surface area contributed by atoms with Gasteiger partial charge in [-0.1, -0.05) is 29.8 Å². The van der Waals surface area contributed by atoms with Gasteiger partial charge in [0.25, 0.3) is 0 Å². The Kier molecular flexibility index (Phi) is 5.12. The Morgan fingerprint density at radius 2 is 1.90 bits per heavy atom. The fourth-order valence-electron chi connectivity index (χ4n) is 4.26. The maximum atomic E-state index is 12.7. The minimum absolute atomic E-state index is 0.180. The SMILES string of the molecule is Cc1ccc(CC(=O)N2CC[C@@H](c3nc4ccc(N5CCOCC5)cn4n3)C2)cc1. The van der Waals surface area contributed by atoms with Crippen LogP contribution in [0.5, 0.6) is 0 Å². The van der Waals surface area contributed by atoms with Gasteiger partial charge < -0.3 is 14.5 Å². The summed E-state index contributed by atoms with van der Waals surface area (Å²) in [6.45, 7) is 6.83. The zero-order valence-corrected chi connectivity index (χ0v) is 17.3. The first-order chi connectivity index (χ1) is 14.7. The van der Waals surface area contributed by atoms with Gasteiger partial charge >= 0.3 is 0 Å². The number of anilines is 1. The molecule has 0 saturated carbocycles. The highest BCUT2D eigenvalue weighted by molar-refractivity contribution is 5.79. The minimum atomic E-state index is 0.180. The molecule has 0 radical (unpaired) electrons. The number of aromatic nitrogens is 3. The van der Waals surface area contributed by atoms with Crippen LogP contribution >= 0.6 is 0 Å². The smallest absolute Gasteiger partial charge is 0.227 e. The standard InChI is InChI=1S/C23H27N5O2/c1-17-2-4-18(5-3-17)14-22(29)27-9-8-19(15-27)23-24-21-7-6-20(16-28(21)25-23)26-10-12-30-13-11-26/h2-7,16,19H,8-15H2,1H3/t19-/m1/s1. The fourth-order valence-corrected chi connectivity index (χ4v) is 4.26. The van der Waals surface area contributed by atoms with E-state index in [1.165, 1.54) is 5.56 Å². The average Bonchev–Trinajstić information content (AvgIpc) is 3.42. The molecule has 0 N–H and O–H groups in total. The summed E-state index contributed by atoms with van der Waals surface area (Å²) in [6, 6.07) is 12.3. The van der Waals surface area contributed by atoms with E-state index >= 15 is 0 Å². The number of nitrogens with zero attached hydrogens (tertiary/aromatic N) is 5. The Labute approximate surface area is 176 Å². The zero-order chi connectivity index (χ0) is 20.5. The van der Waals surface area contributed by atoms with E-state index in [9.17, 15) is 4.79 Å². The van der Waals surface area contributed by atoms with Crippen LogP contribution in [0.25, 0.3) is 5.65 Å². The molecule has 156 valence electrons. The number of carbonyl (C=O) groups is 1. The summed E-state index contributed by atoms with van der Waals surface area (Å²) in [4.78, 5) is 21.7. The molecule has 0 aliphatic carbocycles. The minimum Gasteiger partial charge on any atom is -0.378 e. The van der Waals surface area contributed by atoms with E-state index in [1.54, 1.807) is 0 Å². The number of ether oxygens (including phenoxy) is 1. The van der Waals surface area contributed by atoms with Crippen LogP contribution in [0.2, 0.25) is 0 Å². The lowest BCUT2D eigenvalue weighted by Gasteiger charge is -2.28. The first kappa shape index (κ1) is 19.1. The first-order valence-corrected chi connectivity index (χ1v) is 10.7. The highest BCUT2D eigenvalue weighted by Gasteiger charge is 2.30. The number of hydrogen-bond acceptors (Lipinski definition) is 5. The molecular weight excluding hydrogens is 378 g/mol. The number of carbonyl (C=O) groups excluding carboxylic acids is 1. The van der Waals surface area contributed by atoms with Gasteiger partial charge in [0.2, 0.25) is 5.91 Å². The van der Waals surface area contributed by atoms with Gasteiger partial charge in [-0.3, -0.25) is 4.79 Å². The van der Waals surface area contributed by atoms with Crippen LogP contribution in [0, 0.1) is 6.92 Å². The lowest BCUT2D eigenvalue weighted by molar-refractivity contribution is -0.129. The van der Waals surface area contributed by atoms with Gasteiger partial charge in [0, 0.05) is 32.1 Å². The third-order valence-corrected chi connectivity index (χ3v) is 6.09. The van der Waals surface area contributed by atoms with Crippen LogP contribution in [0.15, 0.2) is 42.6 Å². The van der Waals surface area contributed by atoms with E-state index in [4.69, 9.17) is 14.8 Å². The summed E-state index contributed by atoms with van der Waals surface area (Å²) >= 11 is 0. The van der Waals surface area contributed by atoms with E-state index in [0.29, 0.717) is 13.0 Å². The largest absolute Gasteiger partial charge is 0.378 e. The molecule has 2 aliphatic heterocycles.